The molecule has 0 heterocycles. The fourth-order valence-electron chi connectivity index (χ4n) is 3.02. The minimum Gasteiger partial charge on any atom is -0.382 e. The quantitative estimate of drug-likeness (QED) is 0.531. The Morgan fingerprint density at radius 1 is 0.875 bits per heavy atom. The molecule has 0 saturated heterocycles. The Balaban J connectivity index is 2.22. The van der Waals surface area contributed by atoms with Gasteiger partial charge in [0.1, 0.15) is 0 Å². The molecule has 0 aromatic rings. The Morgan fingerprint density at radius 3 is 1.75 bits per heavy atom. The van der Waals surface area contributed by atoms with Crippen LogP contribution in [0.1, 0.15) is 52.4 Å². The Morgan fingerprint density at radius 2 is 1.33 bits per heavy atom. The van der Waals surface area contributed by atoms with Crippen LogP contribution < -0.4 is 10.6 Å². The summed E-state index contributed by atoms with van der Waals surface area (Å²) in [5, 5.41) is 5.94. The van der Waals surface area contributed by atoms with Crippen LogP contribution in [0.25, 0.3) is 0 Å². The number of hydrogen-bond acceptors (Lipinski definition) is 4. The summed E-state index contributed by atoms with van der Waals surface area (Å²) in [6, 6.07) is 0. The first-order valence-electron chi connectivity index (χ1n) is 9.39. The number of nitrogens with one attached hydrogen (secondary N) is 2. The van der Waals surface area contributed by atoms with E-state index in [0.29, 0.717) is 45.9 Å². The lowest BCUT2D eigenvalue weighted by atomic mass is 9.80. The molecular weight excluding hydrogens is 308 g/mol. The Bertz CT molecular complexity index is 331. The molecule has 2 amide bonds. The van der Waals surface area contributed by atoms with E-state index >= 15 is 0 Å². The Labute approximate surface area is 146 Å². The average Bonchev–Trinajstić information content (AvgIpc) is 2.61. The van der Waals surface area contributed by atoms with Crippen LogP contribution >= 0.6 is 0 Å². The highest BCUT2D eigenvalue weighted by molar-refractivity contribution is 5.82. The summed E-state index contributed by atoms with van der Waals surface area (Å²) >= 11 is 0. The number of carbonyl (C=O) groups is 2. The van der Waals surface area contributed by atoms with Gasteiger partial charge in [0.2, 0.25) is 11.8 Å². The van der Waals surface area contributed by atoms with Gasteiger partial charge in [-0.1, -0.05) is 6.42 Å². The van der Waals surface area contributed by atoms with Gasteiger partial charge in [-0.3, -0.25) is 9.59 Å². The highest BCUT2D eigenvalue weighted by atomic mass is 16.5. The molecule has 2 atom stereocenters. The van der Waals surface area contributed by atoms with E-state index in [0.717, 1.165) is 32.1 Å². The van der Waals surface area contributed by atoms with Crippen LogP contribution in [0.4, 0.5) is 0 Å². The zero-order valence-corrected chi connectivity index (χ0v) is 15.3. The standard InChI is InChI=1S/C18H34N2O4/c1-3-23-12-6-10-19-17(21)15-8-5-9-16(14-15)18(22)20-11-7-13-24-4-2/h15-16H,3-14H2,1-2H3,(H,19,21)(H,20,22)/t15-,16-/m0/s1. The van der Waals surface area contributed by atoms with E-state index in [9.17, 15) is 9.59 Å². The van der Waals surface area contributed by atoms with E-state index < -0.39 is 0 Å². The van der Waals surface area contributed by atoms with Gasteiger partial charge in [-0.05, 0) is 46.0 Å². The van der Waals surface area contributed by atoms with Gasteiger partial charge in [0, 0.05) is 51.4 Å². The molecule has 1 aliphatic rings. The second kappa shape index (κ2) is 13.2. The minimum atomic E-state index is -0.0370. The summed E-state index contributed by atoms with van der Waals surface area (Å²) in [6.45, 7) is 7.97. The van der Waals surface area contributed by atoms with Crippen LogP contribution in [-0.4, -0.2) is 51.3 Å². The van der Waals surface area contributed by atoms with Crippen molar-refractivity contribution in [3.05, 3.63) is 0 Å². The van der Waals surface area contributed by atoms with E-state index in [1.165, 1.54) is 0 Å². The zero-order valence-electron chi connectivity index (χ0n) is 15.3. The average molecular weight is 342 g/mol. The summed E-state index contributed by atoms with van der Waals surface area (Å²) in [4.78, 5) is 24.5. The Hall–Kier alpha value is -1.14. The van der Waals surface area contributed by atoms with Crippen LogP contribution in [0, 0.1) is 11.8 Å². The van der Waals surface area contributed by atoms with Crippen molar-refractivity contribution >= 4 is 11.8 Å². The molecule has 1 fully saturated rings. The van der Waals surface area contributed by atoms with Crippen molar-refractivity contribution in [3.8, 4) is 0 Å². The van der Waals surface area contributed by atoms with Gasteiger partial charge in [0.15, 0.2) is 0 Å². The lowest BCUT2D eigenvalue weighted by molar-refractivity contribution is -0.130. The highest BCUT2D eigenvalue weighted by Gasteiger charge is 2.30. The van der Waals surface area contributed by atoms with Crippen LogP contribution in [0.3, 0.4) is 0 Å². The van der Waals surface area contributed by atoms with Gasteiger partial charge in [0.25, 0.3) is 0 Å². The van der Waals surface area contributed by atoms with Crippen molar-refractivity contribution in [2.45, 2.75) is 52.4 Å². The zero-order chi connectivity index (χ0) is 17.6. The Kier molecular flexibility index (Phi) is 11.5. The molecule has 0 spiro atoms. The number of amides is 2. The molecule has 0 aromatic heterocycles. The monoisotopic (exact) mass is 342 g/mol. The molecule has 0 unspecified atom stereocenters. The van der Waals surface area contributed by atoms with Gasteiger partial charge in [-0.25, -0.2) is 0 Å². The van der Waals surface area contributed by atoms with Crippen LogP contribution in [-0.2, 0) is 19.1 Å². The maximum atomic E-state index is 12.2. The van der Waals surface area contributed by atoms with Crippen LogP contribution in [0.2, 0.25) is 0 Å². The molecule has 1 aliphatic carbocycles. The lowest BCUT2D eigenvalue weighted by Gasteiger charge is -2.27. The van der Waals surface area contributed by atoms with Gasteiger partial charge < -0.3 is 20.1 Å². The fraction of sp³-hybridized carbons (Fsp3) is 0.889. The number of ether oxygens (including phenoxy) is 2. The van der Waals surface area contributed by atoms with Crippen molar-refractivity contribution in [2.75, 3.05) is 39.5 Å². The summed E-state index contributed by atoms with van der Waals surface area (Å²) in [5.74, 6) is 0.0933. The first kappa shape index (κ1) is 20.9. The maximum absolute atomic E-state index is 12.2. The van der Waals surface area contributed by atoms with E-state index in [1.54, 1.807) is 0 Å². The molecule has 1 saturated carbocycles. The van der Waals surface area contributed by atoms with E-state index in [2.05, 4.69) is 10.6 Å². The first-order valence-corrected chi connectivity index (χ1v) is 9.39. The molecule has 0 bridgehead atoms. The second-order valence-corrected chi connectivity index (χ2v) is 6.24. The van der Waals surface area contributed by atoms with Gasteiger partial charge in [-0.15, -0.1) is 0 Å². The third kappa shape index (κ3) is 8.64. The summed E-state index contributed by atoms with van der Waals surface area (Å²) in [5.41, 5.74) is 0. The van der Waals surface area contributed by atoms with Crippen molar-refractivity contribution in [1.29, 1.82) is 0 Å². The van der Waals surface area contributed by atoms with Gasteiger partial charge in [-0.2, -0.15) is 0 Å². The summed E-state index contributed by atoms with van der Waals surface area (Å²) in [6.07, 6.45) is 5.02. The third-order valence-corrected chi connectivity index (χ3v) is 4.35. The molecule has 140 valence electrons. The number of hydrogen-bond donors (Lipinski definition) is 2. The minimum absolute atomic E-state index is 0.0370. The van der Waals surface area contributed by atoms with Gasteiger partial charge in [0.05, 0.1) is 0 Å². The van der Waals surface area contributed by atoms with Crippen LogP contribution in [0.15, 0.2) is 0 Å². The van der Waals surface area contributed by atoms with Crippen molar-refractivity contribution in [2.24, 2.45) is 11.8 Å². The summed E-state index contributed by atoms with van der Waals surface area (Å²) in [7, 11) is 0. The van der Waals surface area contributed by atoms with Gasteiger partial charge >= 0.3 is 0 Å². The normalized spacial score (nSPS) is 20.6. The smallest absolute Gasteiger partial charge is 0.223 e. The number of rotatable bonds is 12. The molecule has 24 heavy (non-hydrogen) atoms. The molecule has 2 N–H and O–H groups in total. The van der Waals surface area contributed by atoms with E-state index in [1.807, 2.05) is 13.8 Å². The molecule has 0 radical (unpaired) electrons. The molecule has 0 aliphatic heterocycles. The predicted octanol–water partition coefficient (Wildman–Crippen LogP) is 1.88. The molecule has 1 rings (SSSR count). The predicted molar refractivity (Wildman–Crippen MR) is 93.7 cm³/mol. The van der Waals surface area contributed by atoms with E-state index in [4.69, 9.17) is 9.47 Å². The second-order valence-electron chi connectivity index (χ2n) is 6.24. The lowest BCUT2D eigenvalue weighted by Crippen LogP contribution is -2.39. The summed E-state index contributed by atoms with van der Waals surface area (Å²) < 4.78 is 10.5. The largest absolute Gasteiger partial charge is 0.382 e. The van der Waals surface area contributed by atoms with E-state index in [-0.39, 0.29) is 23.7 Å². The highest BCUT2D eigenvalue weighted by Crippen LogP contribution is 2.29. The maximum Gasteiger partial charge on any atom is 0.223 e. The van der Waals surface area contributed by atoms with Crippen LogP contribution in [0.5, 0.6) is 0 Å². The van der Waals surface area contributed by atoms with Crippen molar-refractivity contribution in [3.63, 3.8) is 0 Å². The molecule has 0 aromatic carbocycles. The first-order chi connectivity index (χ1) is 11.7. The van der Waals surface area contributed by atoms with Crippen molar-refractivity contribution in [1.82, 2.24) is 10.6 Å². The molecule has 6 heteroatoms. The molecular formula is C18H34N2O4. The number of carbonyl (C=O) groups excluding carboxylic acids is 2. The molecule has 6 nitrogen and oxygen atoms in total. The fourth-order valence-corrected chi connectivity index (χ4v) is 3.02. The van der Waals surface area contributed by atoms with Crippen molar-refractivity contribution < 1.29 is 19.1 Å². The SMILES string of the molecule is CCOCCCNC(=O)[C@H]1CCC[C@H](C(=O)NCCCOCC)C1. The third-order valence-electron chi connectivity index (χ3n) is 4.35. The topological polar surface area (TPSA) is 76.7 Å².